The minimum absolute atomic E-state index is 0.211. The van der Waals surface area contributed by atoms with Crippen LogP contribution in [-0.2, 0) is 14.8 Å². The topological polar surface area (TPSA) is 47.0 Å². The number of hydrogen-bond acceptors (Lipinski definition) is 3. The molecule has 0 bridgehead atoms. The Balaban J connectivity index is 3.03. The number of halogens is 1. The van der Waals surface area contributed by atoms with Crippen molar-refractivity contribution in [3.63, 3.8) is 0 Å². The van der Waals surface area contributed by atoms with E-state index >= 15 is 0 Å². The first-order valence-corrected chi connectivity index (χ1v) is 6.21. The predicted octanol–water partition coefficient (Wildman–Crippen LogP) is 1.77. The second-order valence-corrected chi connectivity index (χ2v) is 5.74. The predicted molar refractivity (Wildman–Crippen MR) is 52.2 cm³/mol. The summed E-state index contributed by atoms with van der Waals surface area (Å²) in [5, 5.41) is 0. The maximum Gasteiger partial charge on any atom is 0.238 e. The van der Waals surface area contributed by atoms with Crippen molar-refractivity contribution in [2.75, 3.05) is 0 Å². The highest BCUT2D eigenvalue weighted by Gasteiger charge is 2.08. The van der Waals surface area contributed by atoms with E-state index in [1.54, 1.807) is 6.07 Å². The Kier molecular flexibility index (Phi) is 2.93. The average molecular weight is 220 g/mol. The Morgan fingerprint density at radius 1 is 1.38 bits per heavy atom. The highest BCUT2D eigenvalue weighted by atomic mass is 35.7. The monoisotopic (exact) mass is 219 g/mol. The zero-order valence-corrected chi connectivity index (χ0v) is 8.98. The lowest BCUT2D eigenvalue weighted by atomic mass is 10.2. The number of hydrogen-bond donors (Lipinski definition) is 0. The molecule has 1 aromatic heterocycles. The van der Waals surface area contributed by atoms with Crippen molar-refractivity contribution in [1.29, 1.82) is 0 Å². The van der Waals surface area contributed by atoms with Gasteiger partial charge in [-0.05, 0) is 31.5 Å². The summed E-state index contributed by atoms with van der Waals surface area (Å²) in [5.74, 6) is -0.211. The molecule has 0 saturated heterocycles. The fourth-order valence-corrected chi connectivity index (χ4v) is 2.01. The number of aryl methyl sites for hydroxylation is 2. The molecular weight excluding hydrogens is 210 g/mol. The lowest BCUT2D eigenvalue weighted by molar-refractivity contribution is 0.608. The average Bonchev–Trinajstić information content (AvgIpc) is 1.78. The fourth-order valence-electron chi connectivity index (χ4n) is 1.18. The SMILES string of the molecule is Cc1cc(C)nc(CS(=O)(=O)Cl)c1. The van der Waals surface area contributed by atoms with Gasteiger partial charge in [0, 0.05) is 16.4 Å². The minimum Gasteiger partial charge on any atom is -0.257 e. The van der Waals surface area contributed by atoms with Gasteiger partial charge in [-0.2, -0.15) is 0 Å². The molecule has 5 heteroatoms. The van der Waals surface area contributed by atoms with Crippen LogP contribution in [0.15, 0.2) is 12.1 Å². The molecule has 72 valence electrons. The van der Waals surface area contributed by atoms with Crippen LogP contribution in [0.4, 0.5) is 0 Å². The zero-order valence-electron chi connectivity index (χ0n) is 7.41. The third kappa shape index (κ3) is 3.74. The van der Waals surface area contributed by atoms with Crippen LogP contribution < -0.4 is 0 Å². The Bertz CT molecular complexity index is 394. The number of pyridine rings is 1. The van der Waals surface area contributed by atoms with E-state index in [-0.39, 0.29) is 5.75 Å². The maximum absolute atomic E-state index is 10.7. The first-order valence-electron chi connectivity index (χ1n) is 3.73. The highest BCUT2D eigenvalue weighted by molar-refractivity contribution is 8.13. The van der Waals surface area contributed by atoms with E-state index in [0.717, 1.165) is 11.3 Å². The van der Waals surface area contributed by atoms with Crippen molar-refractivity contribution >= 4 is 19.7 Å². The summed E-state index contributed by atoms with van der Waals surface area (Å²) in [7, 11) is 1.60. The van der Waals surface area contributed by atoms with Crippen molar-refractivity contribution in [2.45, 2.75) is 19.6 Å². The molecule has 1 aromatic rings. The molecule has 0 unspecified atom stereocenters. The molecule has 0 atom stereocenters. The van der Waals surface area contributed by atoms with Gasteiger partial charge < -0.3 is 0 Å². The van der Waals surface area contributed by atoms with Crippen LogP contribution in [0.2, 0.25) is 0 Å². The molecule has 1 heterocycles. The third-order valence-corrected chi connectivity index (χ3v) is 2.44. The number of aromatic nitrogens is 1. The van der Waals surface area contributed by atoms with Crippen LogP contribution >= 0.6 is 10.7 Å². The number of nitrogens with zero attached hydrogens (tertiary/aromatic N) is 1. The van der Waals surface area contributed by atoms with Crippen LogP contribution in [0, 0.1) is 13.8 Å². The quantitative estimate of drug-likeness (QED) is 0.713. The van der Waals surface area contributed by atoms with Gasteiger partial charge in [-0.1, -0.05) is 0 Å². The largest absolute Gasteiger partial charge is 0.257 e. The molecule has 0 aliphatic heterocycles. The van der Waals surface area contributed by atoms with E-state index in [2.05, 4.69) is 4.98 Å². The van der Waals surface area contributed by atoms with Crippen molar-refractivity contribution in [1.82, 2.24) is 4.98 Å². The summed E-state index contributed by atoms with van der Waals surface area (Å²) >= 11 is 0. The van der Waals surface area contributed by atoms with Crippen LogP contribution in [0.5, 0.6) is 0 Å². The third-order valence-electron chi connectivity index (χ3n) is 1.47. The Hall–Kier alpha value is -0.610. The van der Waals surface area contributed by atoms with Crippen molar-refractivity contribution in [2.24, 2.45) is 0 Å². The van der Waals surface area contributed by atoms with Gasteiger partial charge in [0.2, 0.25) is 9.05 Å². The smallest absolute Gasteiger partial charge is 0.238 e. The van der Waals surface area contributed by atoms with E-state index < -0.39 is 9.05 Å². The lowest BCUT2D eigenvalue weighted by Gasteiger charge is -2.01. The summed E-state index contributed by atoms with van der Waals surface area (Å²) in [6, 6.07) is 3.59. The van der Waals surface area contributed by atoms with Crippen molar-refractivity contribution in [3.8, 4) is 0 Å². The summed E-state index contributed by atoms with van der Waals surface area (Å²) in [6.07, 6.45) is 0. The fraction of sp³-hybridized carbons (Fsp3) is 0.375. The molecular formula is C8H10ClNO2S. The van der Waals surface area contributed by atoms with Crippen LogP contribution in [0.1, 0.15) is 17.0 Å². The molecule has 0 spiro atoms. The Morgan fingerprint density at radius 2 is 2.00 bits per heavy atom. The zero-order chi connectivity index (χ0) is 10.1. The molecule has 0 aliphatic carbocycles. The lowest BCUT2D eigenvalue weighted by Crippen LogP contribution is -1.99. The summed E-state index contributed by atoms with van der Waals surface area (Å²) in [6.45, 7) is 3.70. The normalized spacial score (nSPS) is 11.6. The van der Waals surface area contributed by atoms with Crippen molar-refractivity contribution in [3.05, 3.63) is 29.1 Å². The molecule has 0 aliphatic rings. The second kappa shape index (κ2) is 3.64. The van der Waals surface area contributed by atoms with E-state index in [1.807, 2.05) is 19.9 Å². The van der Waals surface area contributed by atoms with Gasteiger partial charge in [0.1, 0.15) is 5.75 Å². The van der Waals surface area contributed by atoms with Gasteiger partial charge in [-0.15, -0.1) is 0 Å². The molecule has 0 fully saturated rings. The summed E-state index contributed by atoms with van der Waals surface area (Å²) in [5.41, 5.74) is 2.28. The minimum atomic E-state index is -3.50. The van der Waals surface area contributed by atoms with Gasteiger partial charge in [0.15, 0.2) is 0 Å². The maximum atomic E-state index is 10.7. The standard InChI is InChI=1S/C8H10ClNO2S/c1-6-3-7(2)10-8(4-6)5-13(9,11)12/h3-4H,5H2,1-2H3. The molecule has 13 heavy (non-hydrogen) atoms. The Labute approximate surface area is 82.2 Å². The molecule has 0 N–H and O–H groups in total. The first kappa shape index (κ1) is 10.5. The van der Waals surface area contributed by atoms with E-state index in [4.69, 9.17) is 10.7 Å². The van der Waals surface area contributed by atoms with Crippen LogP contribution in [0.25, 0.3) is 0 Å². The summed E-state index contributed by atoms with van der Waals surface area (Å²) < 4.78 is 21.5. The van der Waals surface area contributed by atoms with Crippen LogP contribution in [-0.4, -0.2) is 13.4 Å². The van der Waals surface area contributed by atoms with Gasteiger partial charge >= 0.3 is 0 Å². The van der Waals surface area contributed by atoms with Crippen molar-refractivity contribution < 1.29 is 8.42 Å². The highest BCUT2D eigenvalue weighted by Crippen LogP contribution is 2.10. The molecule has 0 radical (unpaired) electrons. The molecule has 1 rings (SSSR count). The van der Waals surface area contributed by atoms with E-state index in [0.29, 0.717) is 5.69 Å². The van der Waals surface area contributed by atoms with E-state index in [9.17, 15) is 8.42 Å². The first-order chi connectivity index (χ1) is 5.87. The molecule has 0 amide bonds. The molecule has 3 nitrogen and oxygen atoms in total. The number of rotatable bonds is 2. The van der Waals surface area contributed by atoms with Crippen LogP contribution in [0.3, 0.4) is 0 Å². The molecule has 0 saturated carbocycles. The van der Waals surface area contributed by atoms with E-state index in [1.165, 1.54) is 0 Å². The molecule has 0 aromatic carbocycles. The Morgan fingerprint density at radius 3 is 2.46 bits per heavy atom. The van der Waals surface area contributed by atoms with Gasteiger partial charge in [0.05, 0.1) is 5.69 Å². The summed E-state index contributed by atoms with van der Waals surface area (Å²) in [4.78, 5) is 4.06. The van der Waals surface area contributed by atoms with Gasteiger partial charge in [-0.3, -0.25) is 4.98 Å². The van der Waals surface area contributed by atoms with Gasteiger partial charge in [0.25, 0.3) is 0 Å². The second-order valence-electron chi connectivity index (χ2n) is 2.96. The van der Waals surface area contributed by atoms with Gasteiger partial charge in [-0.25, -0.2) is 8.42 Å².